The van der Waals surface area contributed by atoms with E-state index in [0.717, 1.165) is 5.56 Å². The zero-order valence-electron chi connectivity index (χ0n) is 9.80. The molecule has 6 heteroatoms. The molecule has 2 aliphatic heterocycles. The minimum absolute atomic E-state index is 0.266. The number of methoxy groups -OCH3 is 2. The molecule has 1 aromatic carbocycles. The van der Waals surface area contributed by atoms with Gasteiger partial charge < -0.3 is 9.47 Å². The Hall–Kier alpha value is -2.50. The Kier molecular flexibility index (Phi) is 2.22. The molecule has 0 unspecified atom stereocenters. The van der Waals surface area contributed by atoms with Crippen LogP contribution in [0.3, 0.4) is 0 Å². The van der Waals surface area contributed by atoms with Crippen LogP contribution < -0.4 is 9.47 Å². The number of ether oxygens (including phenoxy) is 2. The molecule has 0 aromatic heterocycles. The molecule has 18 heavy (non-hydrogen) atoms. The Morgan fingerprint density at radius 2 is 1.78 bits per heavy atom. The summed E-state index contributed by atoms with van der Waals surface area (Å²) < 4.78 is 10.4. The molecule has 0 atom stereocenters. The molecule has 0 radical (unpaired) electrons. The molecule has 0 bridgehead atoms. The van der Waals surface area contributed by atoms with Crippen LogP contribution >= 0.6 is 0 Å². The third-order valence-electron chi connectivity index (χ3n) is 2.78. The van der Waals surface area contributed by atoms with Gasteiger partial charge in [-0.2, -0.15) is 4.99 Å². The van der Waals surface area contributed by atoms with Gasteiger partial charge in [0, 0.05) is 11.6 Å². The molecule has 0 saturated carbocycles. The average Bonchev–Trinajstić information content (AvgIpc) is 2.76. The molecule has 0 N–H and O–H groups in total. The van der Waals surface area contributed by atoms with E-state index in [1.165, 1.54) is 6.34 Å². The molecule has 90 valence electrons. The van der Waals surface area contributed by atoms with Gasteiger partial charge in [0.05, 0.1) is 19.9 Å². The lowest BCUT2D eigenvalue weighted by atomic mass is 10.1. The fourth-order valence-electron chi connectivity index (χ4n) is 1.93. The Labute approximate surface area is 103 Å². The van der Waals surface area contributed by atoms with Crippen LogP contribution in [0.15, 0.2) is 27.1 Å². The van der Waals surface area contributed by atoms with E-state index >= 15 is 0 Å². The van der Waals surface area contributed by atoms with E-state index in [4.69, 9.17) is 9.47 Å². The first-order valence-corrected chi connectivity index (χ1v) is 5.24. The van der Waals surface area contributed by atoms with Crippen molar-refractivity contribution in [2.75, 3.05) is 14.2 Å². The van der Waals surface area contributed by atoms with Crippen molar-refractivity contribution in [3.8, 4) is 11.5 Å². The number of hydrogen-bond donors (Lipinski definition) is 0. The van der Waals surface area contributed by atoms with Crippen LogP contribution in [0.5, 0.6) is 11.5 Å². The molecule has 3 rings (SSSR count). The molecular weight excluding hydrogens is 234 g/mol. The first-order valence-electron chi connectivity index (χ1n) is 5.24. The number of benzene rings is 1. The zero-order valence-corrected chi connectivity index (χ0v) is 9.80. The second-order valence-electron chi connectivity index (χ2n) is 3.71. The quantitative estimate of drug-likeness (QED) is 0.782. The van der Waals surface area contributed by atoms with Gasteiger partial charge in [0.2, 0.25) is 0 Å². The van der Waals surface area contributed by atoms with Crippen molar-refractivity contribution >= 4 is 29.4 Å². The summed E-state index contributed by atoms with van der Waals surface area (Å²) in [5, 5.41) is 0. The number of rotatable bonds is 2. The largest absolute Gasteiger partial charge is 0.493 e. The Balaban J connectivity index is 2.20. The highest BCUT2D eigenvalue weighted by Crippen LogP contribution is 2.38. The van der Waals surface area contributed by atoms with Gasteiger partial charge in [-0.1, -0.05) is 0 Å². The van der Waals surface area contributed by atoms with Crippen LogP contribution in [0.25, 0.3) is 0 Å². The maximum atomic E-state index is 11.6. The smallest absolute Gasteiger partial charge is 0.299 e. The standard InChI is InChI=1S/C12H9N3O3/c1-17-8-3-6-7(4-9(8)18-2)15-11-10(6)13-5-14-12(11)16/h3-5H,1-2H3. The van der Waals surface area contributed by atoms with Gasteiger partial charge in [0.1, 0.15) is 12.1 Å². The predicted octanol–water partition coefficient (Wildman–Crippen LogP) is 1.15. The van der Waals surface area contributed by atoms with E-state index in [-0.39, 0.29) is 11.6 Å². The number of amides is 1. The van der Waals surface area contributed by atoms with Crippen LogP contribution in [0.2, 0.25) is 0 Å². The van der Waals surface area contributed by atoms with Crippen molar-refractivity contribution in [3.05, 3.63) is 17.7 Å². The molecule has 0 aliphatic carbocycles. The molecule has 6 nitrogen and oxygen atoms in total. The highest BCUT2D eigenvalue weighted by atomic mass is 16.5. The van der Waals surface area contributed by atoms with E-state index in [1.807, 2.05) is 0 Å². The maximum Gasteiger partial charge on any atom is 0.299 e. The summed E-state index contributed by atoms with van der Waals surface area (Å²) in [7, 11) is 3.10. The molecule has 0 fully saturated rings. The van der Waals surface area contributed by atoms with Crippen molar-refractivity contribution in [1.29, 1.82) is 0 Å². The number of nitrogens with zero attached hydrogens (tertiary/aromatic N) is 3. The maximum absolute atomic E-state index is 11.6. The van der Waals surface area contributed by atoms with Crippen LogP contribution in [-0.2, 0) is 4.79 Å². The van der Waals surface area contributed by atoms with E-state index in [9.17, 15) is 4.79 Å². The molecule has 0 spiro atoms. The fourth-order valence-corrected chi connectivity index (χ4v) is 1.93. The summed E-state index contributed by atoms with van der Waals surface area (Å²) >= 11 is 0. The SMILES string of the molecule is COc1cc2c(cc1OC)C1=NC=NC(=O)C1=N2. The van der Waals surface area contributed by atoms with E-state index < -0.39 is 0 Å². The van der Waals surface area contributed by atoms with Crippen LogP contribution in [0, 0.1) is 0 Å². The van der Waals surface area contributed by atoms with Crippen LogP contribution in [-0.4, -0.2) is 37.9 Å². The van der Waals surface area contributed by atoms with Gasteiger partial charge in [0.15, 0.2) is 17.2 Å². The van der Waals surface area contributed by atoms with Crippen LogP contribution in [0.4, 0.5) is 5.69 Å². The molecule has 1 amide bonds. The topological polar surface area (TPSA) is 72.6 Å². The summed E-state index contributed by atoms with van der Waals surface area (Å²) in [6, 6.07) is 3.48. The van der Waals surface area contributed by atoms with E-state index in [1.54, 1.807) is 26.4 Å². The lowest BCUT2D eigenvalue weighted by Gasteiger charge is -2.09. The van der Waals surface area contributed by atoms with Gasteiger partial charge in [-0.15, -0.1) is 0 Å². The number of aliphatic imine (C=N–C) groups is 3. The van der Waals surface area contributed by atoms with E-state index in [0.29, 0.717) is 22.9 Å². The summed E-state index contributed by atoms with van der Waals surface area (Å²) in [5.74, 6) is 0.757. The molecule has 2 heterocycles. The highest BCUT2D eigenvalue weighted by molar-refractivity contribution is 6.74. The lowest BCUT2D eigenvalue weighted by Crippen LogP contribution is -2.23. The second kappa shape index (κ2) is 3.76. The monoisotopic (exact) mass is 243 g/mol. The molecule has 0 saturated heterocycles. The number of carbonyl (C=O) groups is 1. The van der Waals surface area contributed by atoms with Crippen molar-refractivity contribution in [3.63, 3.8) is 0 Å². The minimum Gasteiger partial charge on any atom is -0.493 e. The lowest BCUT2D eigenvalue weighted by molar-refractivity contribution is -0.111. The second-order valence-corrected chi connectivity index (χ2v) is 3.71. The normalized spacial score (nSPS) is 15.8. The Morgan fingerprint density at radius 3 is 2.50 bits per heavy atom. The predicted molar refractivity (Wildman–Crippen MR) is 66.7 cm³/mol. The van der Waals surface area contributed by atoms with Crippen molar-refractivity contribution in [2.45, 2.75) is 0 Å². The number of hydrogen-bond acceptors (Lipinski definition) is 5. The Bertz CT molecular complexity index is 644. The molecular formula is C12H9N3O3. The van der Waals surface area contributed by atoms with Crippen molar-refractivity contribution < 1.29 is 14.3 Å². The average molecular weight is 243 g/mol. The third kappa shape index (κ3) is 1.35. The highest BCUT2D eigenvalue weighted by Gasteiger charge is 2.30. The summed E-state index contributed by atoms with van der Waals surface area (Å²) in [6.45, 7) is 0. The van der Waals surface area contributed by atoms with E-state index in [2.05, 4.69) is 15.0 Å². The van der Waals surface area contributed by atoms with Crippen molar-refractivity contribution in [1.82, 2.24) is 0 Å². The van der Waals surface area contributed by atoms with Gasteiger partial charge >= 0.3 is 0 Å². The number of carbonyl (C=O) groups excluding carboxylic acids is 1. The Morgan fingerprint density at radius 1 is 1.06 bits per heavy atom. The summed E-state index contributed by atoms with van der Waals surface area (Å²) in [4.78, 5) is 23.5. The van der Waals surface area contributed by atoms with Gasteiger partial charge in [-0.25, -0.2) is 9.98 Å². The van der Waals surface area contributed by atoms with Gasteiger partial charge in [-0.3, -0.25) is 4.79 Å². The summed E-state index contributed by atoms with van der Waals surface area (Å²) in [5.41, 5.74) is 2.19. The van der Waals surface area contributed by atoms with Crippen LogP contribution in [0.1, 0.15) is 5.56 Å². The van der Waals surface area contributed by atoms with Crippen molar-refractivity contribution in [2.24, 2.45) is 15.0 Å². The minimum atomic E-state index is -0.380. The fraction of sp³-hybridized carbons (Fsp3) is 0.167. The summed E-state index contributed by atoms with van der Waals surface area (Å²) in [6.07, 6.45) is 1.24. The third-order valence-corrected chi connectivity index (χ3v) is 2.78. The molecule has 1 aromatic rings. The first kappa shape index (κ1) is 10.6. The zero-order chi connectivity index (χ0) is 12.7. The van der Waals surface area contributed by atoms with Gasteiger partial charge in [0.25, 0.3) is 5.91 Å². The first-order chi connectivity index (χ1) is 8.74. The number of fused-ring (bicyclic) bond motifs is 3. The van der Waals surface area contributed by atoms with Gasteiger partial charge in [-0.05, 0) is 6.07 Å². The molecule has 2 aliphatic rings.